The van der Waals surface area contributed by atoms with Crippen LogP contribution < -0.4 is 0 Å². The van der Waals surface area contributed by atoms with Crippen molar-refractivity contribution in [2.24, 2.45) is 0 Å². The van der Waals surface area contributed by atoms with Gasteiger partial charge in [-0.05, 0) is 31.4 Å². The summed E-state index contributed by atoms with van der Waals surface area (Å²) >= 11 is 0. The first-order chi connectivity index (χ1) is 7.02. The molecule has 1 heterocycles. The van der Waals surface area contributed by atoms with Gasteiger partial charge in [0.2, 0.25) is 0 Å². The maximum atomic E-state index is 11.7. The van der Waals surface area contributed by atoms with Gasteiger partial charge in [0.05, 0.1) is 11.7 Å². The van der Waals surface area contributed by atoms with Crippen LogP contribution in [0.3, 0.4) is 0 Å². The molecule has 0 unspecified atom stereocenters. The van der Waals surface area contributed by atoms with Crippen LogP contribution in [-0.2, 0) is 4.74 Å². The third-order valence-electron chi connectivity index (χ3n) is 2.04. The number of carbonyl (C=O) groups excluding carboxylic acids is 1. The Hall–Kier alpha value is -1.38. The van der Waals surface area contributed by atoms with E-state index >= 15 is 0 Å². The molecule has 0 aliphatic rings. The molecule has 0 saturated heterocycles. The second kappa shape index (κ2) is 4.91. The summed E-state index contributed by atoms with van der Waals surface area (Å²) in [5.74, 6) is 0.00418. The highest BCUT2D eigenvalue weighted by Crippen LogP contribution is 2.19. The number of nitrogens with zero attached hydrogens (tertiary/aromatic N) is 1. The average molecular weight is 207 g/mol. The zero-order valence-electron chi connectivity index (χ0n) is 9.65. The second-order valence-corrected chi connectivity index (χ2v) is 4.07. The molecule has 0 amide bonds. The summed E-state index contributed by atoms with van der Waals surface area (Å²) in [4.78, 5) is 15.8. The predicted octanol–water partition coefficient (Wildman–Crippen LogP) is 2.77. The number of aromatic nitrogens is 1. The van der Waals surface area contributed by atoms with Gasteiger partial charge >= 0.3 is 5.97 Å². The molecular weight excluding hydrogens is 190 g/mol. The number of carbonyl (C=O) groups is 1. The van der Waals surface area contributed by atoms with E-state index in [2.05, 4.69) is 4.98 Å². The summed E-state index contributed by atoms with van der Waals surface area (Å²) in [7, 11) is 0. The first-order valence-electron chi connectivity index (χ1n) is 5.17. The van der Waals surface area contributed by atoms with E-state index in [1.54, 1.807) is 18.5 Å². The average Bonchev–Trinajstić information content (AvgIpc) is 2.16. The lowest BCUT2D eigenvalue weighted by Gasteiger charge is -2.12. The largest absolute Gasteiger partial charge is 0.459 e. The molecule has 82 valence electrons. The highest BCUT2D eigenvalue weighted by molar-refractivity contribution is 5.91. The van der Waals surface area contributed by atoms with Crippen molar-refractivity contribution in [3.8, 4) is 0 Å². The number of hydrogen-bond donors (Lipinski definition) is 0. The number of ether oxygens (including phenoxy) is 1. The molecule has 3 heteroatoms. The highest BCUT2D eigenvalue weighted by atomic mass is 16.5. The van der Waals surface area contributed by atoms with E-state index in [0.29, 0.717) is 5.56 Å². The molecule has 0 aliphatic carbocycles. The summed E-state index contributed by atoms with van der Waals surface area (Å²) in [6, 6.07) is 1.71. The minimum atomic E-state index is -0.267. The number of rotatable bonds is 3. The van der Waals surface area contributed by atoms with E-state index < -0.39 is 0 Å². The summed E-state index contributed by atoms with van der Waals surface area (Å²) in [6.45, 7) is 7.74. The Morgan fingerprint density at radius 1 is 1.33 bits per heavy atom. The highest BCUT2D eigenvalue weighted by Gasteiger charge is 2.15. The maximum absolute atomic E-state index is 11.7. The third-order valence-corrected chi connectivity index (χ3v) is 2.04. The van der Waals surface area contributed by atoms with Crippen LogP contribution in [0.1, 0.15) is 49.5 Å². The molecule has 1 aromatic heterocycles. The van der Waals surface area contributed by atoms with Gasteiger partial charge in [0.1, 0.15) is 0 Å². The van der Waals surface area contributed by atoms with Gasteiger partial charge in [0, 0.05) is 12.4 Å². The van der Waals surface area contributed by atoms with Gasteiger partial charge in [0.15, 0.2) is 0 Å². The fourth-order valence-electron chi connectivity index (χ4n) is 1.33. The second-order valence-electron chi connectivity index (χ2n) is 4.07. The lowest BCUT2D eigenvalue weighted by atomic mass is 10.00. The van der Waals surface area contributed by atoms with Crippen LogP contribution in [0.15, 0.2) is 18.5 Å². The van der Waals surface area contributed by atoms with Crippen LogP contribution >= 0.6 is 0 Å². The van der Waals surface area contributed by atoms with E-state index in [4.69, 9.17) is 4.74 Å². The fraction of sp³-hybridized carbons (Fsp3) is 0.500. The van der Waals surface area contributed by atoms with Crippen molar-refractivity contribution >= 4 is 5.97 Å². The van der Waals surface area contributed by atoms with Gasteiger partial charge in [-0.15, -0.1) is 0 Å². The first kappa shape index (κ1) is 11.7. The molecule has 1 aromatic rings. The molecule has 0 saturated carbocycles. The third kappa shape index (κ3) is 3.05. The molecule has 3 nitrogen and oxygen atoms in total. The predicted molar refractivity (Wildman–Crippen MR) is 58.9 cm³/mol. The smallest absolute Gasteiger partial charge is 0.338 e. The molecule has 0 radical (unpaired) electrons. The summed E-state index contributed by atoms with van der Waals surface area (Å²) in [5.41, 5.74) is 1.55. The fourth-order valence-corrected chi connectivity index (χ4v) is 1.33. The monoisotopic (exact) mass is 207 g/mol. The van der Waals surface area contributed by atoms with E-state index in [1.165, 1.54) is 0 Å². The molecule has 15 heavy (non-hydrogen) atoms. The minimum Gasteiger partial charge on any atom is -0.459 e. The number of pyridine rings is 1. The van der Waals surface area contributed by atoms with E-state index in [9.17, 15) is 4.79 Å². The zero-order valence-corrected chi connectivity index (χ0v) is 9.65. The van der Waals surface area contributed by atoms with Crippen LogP contribution in [-0.4, -0.2) is 17.1 Å². The Kier molecular flexibility index (Phi) is 3.83. The number of esters is 1. The molecular formula is C12H17NO2. The minimum absolute atomic E-state index is 0.0920. The summed E-state index contributed by atoms with van der Waals surface area (Å²) < 4.78 is 5.16. The van der Waals surface area contributed by atoms with Crippen molar-refractivity contribution in [2.75, 3.05) is 0 Å². The lowest BCUT2D eigenvalue weighted by Crippen LogP contribution is -2.14. The molecule has 0 N–H and O–H groups in total. The number of hydrogen-bond acceptors (Lipinski definition) is 3. The van der Waals surface area contributed by atoms with Gasteiger partial charge in [-0.1, -0.05) is 13.8 Å². The zero-order chi connectivity index (χ0) is 11.4. The van der Waals surface area contributed by atoms with Gasteiger partial charge < -0.3 is 4.74 Å². The molecule has 0 aliphatic heterocycles. The lowest BCUT2D eigenvalue weighted by molar-refractivity contribution is 0.0376. The first-order valence-corrected chi connectivity index (χ1v) is 5.17. The van der Waals surface area contributed by atoms with Crippen molar-refractivity contribution in [3.05, 3.63) is 29.6 Å². The van der Waals surface area contributed by atoms with Crippen LogP contribution in [0.25, 0.3) is 0 Å². The van der Waals surface area contributed by atoms with Crippen LogP contribution in [0.2, 0.25) is 0 Å². The maximum Gasteiger partial charge on any atom is 0.338 e. The van der Waals surface area contributed by atoms with Crippen LogP contribution in [0, 0.1) is 0 Å². The molecule has 0 aromatic carbocycles. The summed E-state index contributed by atoms with van der Waals surface area (Å²) in [6.07, 6.45) is 3.25. The summed E-state index contributed by atoms with van der Waals surface area (Å²) in [5, 5.41) is 0. The van der Waals surface area contributed by atoms with E-state index in [1.807, 2.05) is 27.7 Å². The standard InChI is InChI=1S/C12H17NO2/c1-8(2)11-7-13-6-5-10(11)12(14)15-9(3)4/h5-9H,1-4H3. The Balaban J connectivity index is 2.97. The van der Waals surface area contributed by atoms with Crippen LogP contribution in [0.4, 0.5) is 0 Å². The topological polar surface area (TPSA) is 39.2 Å². The normalized spacial score (nSPS) is 10.8. The van der Waals surface area contributed by atoms with E-state index in [-0.39, 0.29) is 18.0 Å². The molecule has 0 fully saturated rings. The molecule has 0 atom stereocenters. The van der Waals surface area contributed by atoms with E-state index in [0.717, 1.165) is 5.56 Å². The van der Waals surface area contributed by atoms with Crippen molar-refractivity contribution in [3.63, 3.8) is 0 Å². The Bertz CT molecular complexity index is 345. The van der Waals surface area contributed by atoms with Gasteiger partial charge in [-0.3, -0.25) is 4.98 Å². The molecule has 1 rings (SSSR count). The van der Waals surface area contributed by atoms with Crippen LogP contribution in [0.5, 0.6) is 0 Å². The Morgan fingerprint density at radius 3 is 2.53 bits per heavy atom. The SMILES string of the molecule is CC(C)OC(=O)c1ccncc1C(C)C. The van der Waals surface area contributed by atoms with Gasteiger partial charge in [-0.2, -0.15) is 0 Å². The van der Waals surface area contributed by atoms with Crippen molar-refractivity contribution < 1.29 is 9.53 Å². The van der Waals surface area contributed by atoms with Gasteiger partial charge in [0.25, 0.3) is 0 Å². The van der Waals surface area contributed by atoms with Crippen molar-refractivity contribution in [1.82, 2.24) is 4.98 Å². The Morgan fingerprint density at radius 2 is 2.00 bits per heavy atom. The molecule has 0 spiro atoms. The quantitative estimate of drug-likeness (QED) is 0.715. The molecule has 0 bridgehead atoms. The Labute approximate surface area is 90.5 Å². The van der Waals surface area contributed by atoms with Crippen molar-refractivity contribution in [2.45, 2.75) is 39.7 Å². The van der Waals surface area contributed by atoms with Gasteiger partial charge in [-0.25, -0.2) is 4.79 Å². The van der Waals surface area contributed by atoms with Crippen molar-refractivity contribution in [1.29, 1.82) is 0 Å².